The fourth-order valence-corrected chi connectivity index (χ4v) is 1.68. The lowest BCUT2D eigenvalue weighted by Crippen LogP contribution is -2.52. The van der Waals surface area contributed by atoms with E-state index in [1.165, 1.54) is 6.08 Å². The fraction of sp³-hybridized carbons (Fsp3) is 0.733. The molecule has 0 aliphatic heterocycles. The van der Waals surface area contributed by atoms with Crippen molar-refractivity contribution in [2.24, 2.45) is 0 Å². The van der Waals surface area contributed by atoms with E-state index in [0.717, 1.165) is 0 Å². The molecule has 0 aromatic rings. The molecule has 24 heavy (non-hydrogen) atoms. The minimum absolute atomic E-state index is 0.168. The van der Waals surface area contributed by atoms with E-state index in [4.69, 9.17) is 19.7 Å². The molecule has 9 nitrogen and oxygen atoms in total. The van der Waals surface area contributed by atoms with Crippen LogP contribution in [0.1, 0.15) is 27.2 Å². The Kier molecular flexibility index (Phi) is 9.26. The average molecular weight is 350 g/mol. The van der Waals surface area contributed by atoms with Crippen LogP contribution in [0.5, 0.6) is 0 Å². The van der Waals surface area contributed by atoms with Gasteiger partial charge in [-0.25, -0.2) is 4.79 Å². The number of ketones is 1. The number of Topliss-reactive ketones (excluding diaryl/α,β-unsaturated/α-hetero) is 1. The van der Waals surface area contributed by atoms with Crippen molar-refractivity contribution in [3.05, 3.63) is 12.7 Å². The molecule has 0 spiro atoms. The number of hydrogen-bond acceptors (Lipinski definition) is 8. The minimum atomic E-state index is -1.97. The molecule has 0 bridgehead atoms. The van der Waals surface area contributed by atoms with Crippen molar-refractivity contribution in [2.75, 3.05) is 6.61 Å². The van der Waals surface area contributed by atoms with Crippen LogP contribution in [-0.2, 0) is 19.1 Å². The smallest absolute Gasteiger partial charge is 0.361 e. The van der Waals surface area contributed by atoms with Crippen molar-refractivity contribution >= 4 is 11.8 Å². The average Bonchev–Trinajstić information content (AvgIpc) is 2.48. The molecule has 0 fully saturated rings. The molecule has 0 saturated heterocycles. The lowest BCUT2D eigenvalue weighted by molar-refractivity contribution is -0.241. The van der Waals surface area contributed by atoms with Crippen LogP contribution < -0.4 is 0 Å². The largest absolute Gasteiger partial charge is 0.477 e. The van der Waals surface area contributed by atoms with Crippen LogP contribution in [0.2, 0.25) is 0 Å². The summed E-state index contributed by atoms with van der Waals surface area (Å²) >= 11 is 0. The maximum atomic E-state index is 12.2. The van der Waals surface area contributed by atoms with Crippen LogP contribution in [-0.4, -0.2) is 80.2 Å². The van der Waals surface area contributed by atoms with Gasteiger partial charge in [0.05, 0.1) is 12.2 Å². The third-order valence-electron chi connectivity index (χ3n) is 2.82. The zero-order valence-electron chi connectivity index (χ0n) is 14.0. The van der Waals surface area contributed by atoms with E-state index >= 15 is 0 Å². The van der Waals surface area contributed by atoms with E-state index in [1.54, 1.807) is 20.8 Å². The third-order valence-corrected chi connectivity index (χ3v) is 2.82. The molecule has 0 aromatic carbocycles. The van der Waals surface area contributed by atoms with E-state index in [9.17, 15) is 24.9 Å². The number of carboxylic acids is 1. The van der Waals surface area contributed by atoms with E-state index in [0.29, 0.717) is 0 Å². The van der Waals surface area contributed by atoms with Crippen LogP contribution in [0.25, 0.3) is 0 Å². The van der Waals surface area contributed by atoms with Gasteiger partial charge in [-0.2, -0.15) is 0 Å². The summed E-state index contributed by atoms with van der Waals surface area (Å²) in [6.07, 6.45) is -8.16. The molecule has 0 aromatic heterocycles. The molecule has 5 atom stereocenters. The molecular weight excluding hydrogens is 324 g/mol. The Hall–Kier alpha value is -1.36. The monoisotopic (exact) mass is 350 g/mol. The number of ether oxygens (including phenoxy) is 2. The summed E-state index contributed by atoms with van der Waals surface area (Å²) in [4.78, 5) is 23.5. The van der Waals surface area contributed by atoms with E-state index in [1.807, 2.05) is 0 Å². The molecule has 0 aliphatic rings. The molecular formula is C15H26O9. The number of carbonyl (C=O) groups is 2. The standard InChI is InChI=1S/C15H26O9/c1-5-6-8(17)10(19)12(11(20)9(18)7-16)23-14(13(21)22)24-15(2,3)4/h5,8-9,11-12,14,16-18,20H,1,6-7H2,2-4H3,(H,21,22)/t8?,9-,11+,12-,14?/m1/s1. The van der Waals surface area contributed by atoms with Gasteiger partial charge in [0.1, 0.15) is 18.3 Å². The van der Waals surface area contributed by atoms with E-state index in [2.05, 4.69) is 6.58 Å². The zero-order valence-corrected chi connectivity index (χ0v) is 14.0. The second kappa shape index (κ2) is 9.82. The highest BCUT2D eigenvalue weighted by molar-refractivity contribution is 5.88. The second-order valence-electron chi connectivity index (χ2n) is 6.14. The first kappa shape index (κ1) is 22.6. The first-order valence-corrected chi connectivity index (χ1v) is 7.30. The highest BCUT2D eigenvalue weighted by atomic mass is 16.7. The summed E-state index contributed by atoms with van der Waals surface area (Å²) in [6, 6.07) is 0. The first-order chi connectivity index (χ1) is 10.9. The molecule has 140 valence electrons. The van der Waals surface area contributed by atoms with Crippen LogP contribution in [0.4, 0.5) is 0 Å². The number of carboxylic acid groups (broad SMARTS) is 1. The fourth-order valence-electron chi connectivity index (χ4n) is 1.68. The summed E-state index contributed by atoms with van der Waals surface area (Å²) in [5, 5.41) is 47.3. The van der Waals surface area contributed by atoms with Crippen LogP contribution >= 0.6 is 0 Å². The molecule has 0 amide bonds. The molecule has 0 rings (SSSR count). The SMILES string of the molecule is C=CCC(O)C(=O)[C@@H](OC(OC(C)(C)C)C(=O)O)[C@@H](O)[C@H](O)CO. The van der Waals surface area contributed by atoms with E-state index < -0.39 is 54.7 Å². The Balaban J connectivity index is 5.46. The number of aliphatic carboxylic acids is 1. The number of hydrogen-bond donors (Lipinski definition) is 5. The summed E-state index contributed by atoms with van der Waals surface area (Å²) in [5.41, 5.74) is -0.947. The topological polar surface area (TPSA) is 154 Å². The predicted molar refractivity (Wildman–Crippen MR) is 82.1 cm³/mol. The Labute approximate surface area is 140 Å². The van der Waals surface area contributed by atoms with Crippen LogP contribution in [0.15, 0.2) is 12.7 Å². The van der Waals surface area contributed by atoms with Gasteiger partial charge in [0.2, 0.25) is 0 Å². The molecule has 9 heteroatoms. The van der Waals surface area contributed by atoms with Crippen molar-refractivity contribution in [1.29, 1.82) is 0 Å². The van der Waals surface area contributed by atoms with Crippen molar-refractivity contribution in [1.82, 2.24) is 0 Å². The second-order valence-corrected chi connectivity index (χ2v) is 6.14. The van der Waals surface area contributed by atoms with Crippen molar-refractivity contribution in [2.45, 2.75) is 63.5 Å². The van der Waals surface area contributed by atoms with Crippen molar-refractivity contribution in [3.8, 4) is 0 Å². The molecule has 0 radical (unpaired) electrons. The third kappa shape index (κ3) is 7.47. The molecule has 0 heterocycles. The highest BCUT2D eigenvalue weighted by Crippen LogP contribution is 2.18. The molecule has 0 aliphatic carbocycles. The zero-order chi connectivity index (χ0) is 19.1. The van der Waals surface area contributed by atoms with Gasteiger partial charge in [-0.1, -0.05) is 6.08 Å². The van der Waals surface area contributed by atoms with E-state index in [-0.39, 0.29) is 6.42 Å². The van der Waals surface area contributed by atoms with Gasteiger partial charge in [-0.3, -0.25) is 4.79 Å². The number of rotatable bonds is 11. The van der Waals surface area contributed by atoms with Gasteiger partial charge in [-0.05, 0) is 27.2 Å². The Morgan fingerprint density at radius 1 is 1.21 bits per heavy atom. The van der Waals surface area contributed by atoms with Gasteiger partial charge < -0.3 is 35.0 Å². The van der Waals surface area contributed by atoms with Crippen LogP contribution in [0.3, 0.4) is 0 Å². The van der Waals surface area contributed by atoms with Crippen molar-refractivity contribution < 1.29 is 44.6 Å². The molecule has 5 N–H and O–H groups in total. The predicted octanol–water partition coefficient (Wildman–Crippen LogP) is -1.18. The van der Waals surface area contributed by atoms with Gasteiger partial charge in [-0.15, -0.1) is 6.58 Å². The lowest BCUT2D eigenvalue weighted by atomic mass is 9.99. The number of aliphatic hydroxyl groups excluding tert-OH is 4. The summed E-state index contributed by atoms with van der Waals surface area (Å²) in [5.74, 6) is -2.63. The number of carbonyl (C=O) groups excluding carboxylic acids is 1. The first-order valence-electron chi connectivity index (χ1n) is 7.30. The molecule has 2 unspecified atom stereocenters. The van der Waals surface area contributed by atoms with Gasteiger partial charge in [0.25, 0.3) is 6.29 Å². The summed E-state index contributed by atoms with van der Waals surface area (Å²) < 4.78 is 10.2. The summed E-state index contributed by atoms with van der Waals surface area (Å²) in [6.45, 7) is 7.10. The van der Waals surface area contributed by atoms with Gasteiger partial charge in [0.15, 0.2) is 11.9 Å². The minimum Gasteiger partial charge on any atom is -0.477 e. The lowest BCUT2D eigenvalue weighted by Gasteiger charge is -2.31. The highest BCUT2D eigenvalue weighted by Gasteiger charge is 2.40. The Bertz CT molecular complexity index is 429. The van der Waals surface area contributed by atoms with Gasteiger partial charge in [0, 0.05) is 0 Å². The van der Waals surface area contributed by atoms with Crippen molar-refractivity contribution in [3.63, 3.8) is 0 Å². The summed E-state index contributed by atoms with van der Waals surface area (Å²) in [7, 11) is 0. The number of aliphatic hydroxyl groups is 4. The quantitative estimate of drug-likeness (QED) is 0.229. The maximum absolute atomic E-state index is 12.2. The van der Waals surface area contributed by atoms with Gasteiger partial charge >= 0.3 is 5.97 Å². The Morgan fingerprint density at radius 3 is 2.12 bits per heavy atom. The molecule has 0 saturated carbocycles. The Morgan fingerprint density at radius 2 is 1.75 bits per heavy atom. The maximum Gasteiger partial charge on any atom is 0.361 e. The van der Waals surface area contributed by atoms with Crippen LogP contribution in [0, 0.1) is 0 Å². The normalized spacial score (nSPS) is 18.3.